The Morgan fingerprint density at radius 3 is 2.71 bits per heavy atom. The van der Waals surface area contributed by atoms with Crippen LogP contribution in [0.25, 0.3) is 0 Å². The summed E-state index contributed by atoms with van der Waals surface area (Å²) < 4.78 is 11.5. The maximum Gasteiger partial charge on any atom is 0.358 e. The number of rotatable bonds is 7. The van der Waals surface area contributed by atoms with E-state index in [-0.39, 0.29) is 18.2 Å². The smallest absolute Gasteiger partial charge is 0.358 e. The summed E-state index contributed by atoms with van der Waals surface area (Å²) in [6, 6.07) is 0. The van der Waals surface area contributed by atoms with Crippen molar-refractivity contribution in [2.45, 2.75) is 20.1 Å². The molecule has 0 bridgehead atoms. The standard InChI is InChI=1S/C10H17N3O4/c1-7(5-16-2)4-13-8(6-17-3)9(10(14)15)11-12-13/h7H,4-6H2,1-3H3,(H,14,15). The number of hydrogen-bond acceptors (Lipinski definition) is 5. The summed E-state index contributed by atoms with van der Waals surface area (Å²) in [6.07, 6.45) is 0. The lowest BCUT2D eigenvalue weighted by atomic mass is 10.2. The first-order valence-electron chi connectivity index (χ1n) is 5.23. The Morgan fingerprint density at radius 1 is 1.47 bits per heavy atom. The van der Waals surface area contributed by atoms with E-state index in [9.17, 15) is 4.79 Å². The van der Waals surface area contributed by atoms with Crippen molar-refractivity contribution in [1.29, 1.82) is 0 Å². The zero-order valence-electron chi connectivity index (χ0n) is 10.2. The monoisotopic (exact) mass is 243 g/mol. The molecule has 0 fully saturated rings. The number of nitrogens with zero attached hydrogens (tertiary/aromatic N) is 3. The zero-order chi connectivity index (χ0) is 12.8. The van der Waals surface area contributed by atoms with Crippen LogP contribution in [0.15, 0.2) is 0 Å². The summed E-state index contributed by atoms with van der Waals surface area (Å²) in [5.74, 6) is -0.873. The highest BCUT2D eigenvalue weighted by Crippen LogP contribution is 2.10. The van der Waals surface area contributed by atoms with E-state index in [4.69, 9.17) is 14.6 Å². The molecule has 0 aliphatic rings. The maximum atomic E-state index is 10.9. The number of ether oxygens (including phenoxy) is 2. The highest BCUT2D eigenvalue weighted by atomic mass is 16.5. The Bertz CT molecular complexity index is 378. The fourth-order valence-corrected chi connectivity index (χ4v) is 1.56. The molecule has 0 aliphatic heterocycles. The van der Waals surface area contributed by atoms with Gasteiger partial charge < -0.3 is 14.6 Å². The van der Waals surface area contributed by atoms with Gasteiger partial charge in [-0.1, -0.05) is 12.1 Å². The van der Waals surface area contributed by atoms with Gasteiger partial charge in [-0.2, -0.15) is 0 Å². The van der Waals surface area contributed by atoms with Crippen LogP contribution in [-0.2, 0) is 22.6 Å². The normalized spacial score (nSPS) is 12.6. The molecule has 7 nitrogen and oxygen atoms in total. The second-order valence-electron chi connectivity index (χ2n) is 3.87. The van der Waals surface area contributed by atoms with Crippen LogP contribution in [-0.4, -0.2) is 46.9 Å². The predicted molar refractivity (Wildman–Crippen MR) is 58.7 cm³/mol. The third kappa shape index (κ3) is 3.50. The largest absolute Gasteiger partial charge is 0.476 e. The second kappa shape index (κ2) is 6.31. The van der Waals surface area contributed by atoms with Gasteiger partial charge in [0.1, 0.15) is 0 Å². The van der Waals surface area contributed by atoms with Crippen LogP contribution in [0.1, 0.15) is 23.1 Å². The molecule has 0 spiro atoms. The summed E-state index contributed by atoms with van der Waals surface area (Å²) >= 11 is 0. The van der Waals surface area contributed by atoms with Crippen LogP contribution in [0.3, 0.4) is 0 Å². The van der Waals surface area contributed by atoms with Crippen molar-refractivity contribution in [3.8, 4) is 0 Å². The average molecular weight is 243 g/mol. The van der Waals surface area contributed by atoms with E-state index >= 15 is 0 Å². The summed E-state index contributed by atoms with van der Waals surface area (Å²) in [6.45, 7) is 3.29. The van der Waals surface area contributed by atoms with Crippen LogP contribution in [0.4, 0.5) is 0 Å². The van der Waals surface area contributed by atoms with Crippen molar-refractivity contribution in [3.05, 3.63) is 11.4 Å². The summed E-state index contributed by atoms with van der Waals surface area (Å²) in [5, 5.41) is 16.4. The van der Waals surface area contributed by atoms with Crippen molar-refractivity contribution in [1.82, 2.24) is 15.0 Å². The molecule has 0 amide bonds. The number of aromatic carboxylic acids is 1. The Labute approximate surface area is 99.3 Å². The van der Waals surface area contributed by atoms with E-state index in [2.05, 4.69) is 10.3 Å². The van der Waals surface area contributed by atoms with Crippen molar-refractivity contribution >= 4 is 5.97 Å². The van der Waals surface area contributed by atoms with E-state index in [0.29, 0.717) is 18.8 Å². The van der Waals surface area contributed by atoms with Crippen molar-refractivity contribution in [2.75, 3.05) is 20.8 Å². The summed E-state index contributed by atoms with van der Waals surface area (Å²) in [5.41, 5.74) is 0.416. The minimum Gasteiger partial charge on any atom is -0.476 e. The lowest BCUT2D eigenvalue weighted by Gasteiger charge is -2.11. The van der Waals surface area contributed by atoms with E-state index in [1.54, 1.807) is 11.8 Å². The Balaban J connectivity index is 2.87. The van der Waals surface area contributed by atoms with E-state index in [0.717, 1.165) is 0 Å². The van der Waals surface area contributed by atoms with Gasteiger partial charge in [0.25, 0.3) is 0 Å². The SMILES string of the molecule is COCc1c(C(=O)O)nnn1CC(C)COC. The first kappa shape index (κ1) is 13.6. The molecule has 1 heterocycles. The van der Waals surface area contributed by atoms with Gasteiger partial charge in [0.2, 0.25) is 0 Å². The van der Waals surface area contributed by atoms with Gasteiger partial charge in [0.15, 0.2) is 5.69 Å². The van der Waals surface area contributed by atoms with Crippen molar-refractivity contribution in [3.63, 3.8) is 0 Å². The number of hydrogen-bond donors (Lipinski definition) is 1. The predicted octanol–water partition coefficient (Wildman–Crippen LogP) is 0.405. The molecule has 7 heteroatoms. The van der Waals surface area contributed by atoms with Gasteiger partial charge in [0, 0.05) is 20.8 Å². The number of carboxylic acid groups (broad SMARTS) is 1. The summed E-state index contributed by atoms with van der Waals surface area (Å²) in [7, 11) is 3.12. The Hall–Kier alpha value is -1.47. The number of methoxy groups -OCH3 is 2. The van der Waals surface area contributed by atoms with Crippen LogP contribution in [0.2, 0.25) is 0 Å². The zero-order valence-corrected chi connectivity index (χ0v) is 10.2. The molecule has 0 aromatic carbocycles. The van der Waals surface area contributed by atoms with Crippen molar-refractivity contribution < 1.29 is 19.4 Å². The van der Waals surface area contributed by atoms with Gasteiger partial charge in [-0.25, -0.2) is 9.48 Å². The molecule has 1 aromatic rings. The maximum absolute atomic E-state index is 10.9. The molecule has 1 atom stereocenters. The van der Waals surface area contributed by atoms with Crippen LogP contribution < -0.4 is 0 Å². The van der Waals surface area contributed by atoms with Crippen LogP contribution in [0.5, 0.6) is 0 Å². The molecule has 1 N–H and O–H groups in total. The van der Waals surface area contributed by atoms with Crippen LogP contribution in [0, 0.1) is 5.92 Å². The molecular weight excluding hydrogens is 226 g/mol. The fraction of sp³-hybridized carbons (Fsp3) is 0.700. The molecule has 0 aliphatic carbocycles. The van der Waals surface area contributed by atoms with Gasteiger partial charge in [-0.05, 0) is 5.92 Å². The van der Waals surface area contributed by atoms with Gasteiger partial charge in [0.05, 0.1) is 18.9 Å². The third-order valence-corrected chi connectivity index (χ3v) is 2.26. The van der Waals surface area contributed by atoms with Crippen molar-refractivity contribution in [2.24, 2.45) is 5.92 Å². The number of carbonyl (C=O) groups is 1. The highest BCUT2D eigenvalue weighted by molar-refractivity contribution is 5.86. The Morgan fingerprint density at radius 2 is 2.18 bits per heavy atom. The molecular formula is C10H17N3O4. The first-order chi connectivity index (χ1) is 8.10. The topological polar surface area (TPSA) is 86.5 Å². The first-order valence-corrected chi connectivity index (χ1v) is 5.23. The fourth-order valence-electron chi connectivity index (χ4n) is 1.56. The molecule has 17 heavy (non-hydrogen) atoms. The molecule has 0 radical (unpaired) electrons. The number of aromatic nitrogens is 3. The van der Waals surface area contributed by atoms with E-state index in [1.807, 2.05) is 6.92 Å². The second-order valence-corrected chi connectivity index (χ2v) is 3.87. The average Bonchev–Trinajstić information content (AvgIpc) is 2.63. The molecule has 1 aromatic heterocycles. The van der Waals surface area contributed by atoms with E-state index in [1.165, 1.54) is 7.11 Å². The molecule has 96 valence electrons. The van der Waals surface area contributed by atoms with Gasteiger partial charge in [-0.3, -0.25) is 0 Å². The minimum absolute atomic E-state index is 0.0588. The van der Waals surface area contributed by atoms with Gasteiger partial charge in [-0.15, -0.1) is 5.10 Å². The molecule has 1 unspecified atom stereocenters. The Kier molecular flexibility index (Phi) is 5.05. The molecule has 0 saturated carbocycles. The highest BCUT2D eigenvalue weighted by Gasteiger charge is 2.19. The third-order valence-electron chi connectivity index (χ3n) is 2.26. The minimum atomic E-state index is -1.09. The quantitative estimate of drug-likeness (QED) is 0.746. The molecule has 0 saturated heterocycles. The molecule has 1 rings (SSSR count). The van der Waals surface area contributed by atoms with Gasteiger partial charge >= 0.3 is 5.97 Å². The lowest BCUT2D eigenvalue weighted by molar-refractivity contribution is 0.0684. The van der Waals surface area contributed by atoms with E-state index < -0.39 is 5.97 Å². The lowest BCUT2D eigenvalue weighted by Crippen LogP contribution is -2.17. The van der Waals surface area contributed by atoms with Crippen LogP contribution >= 0.6 is 0 Å². The number of carboxylic acids is 1. The summed E-state index contributed by atoms with van der Waals surface area (Å²) in [4.78, 5) is 10.9.